The van der Waals surface area contributed by atoms with Gasteiger partial charge in [-0.25, -0.2) is 4.79 Å². The van der Waals surface area contributed by atoms with Crippen LogP contribution in [0.1, 0.15) is 5.56 Å². The molecule has 0 aliphatic heterocycles. The van der Waals surface area contributed by atoms with Crippen molar-refractivity contribution in [1.82, 2.24) is 0 Å². The Hall–Kier alpha value is -3.48. The van der Waals surface area contributed by atoms with Crippen LogP contribution in [0.15, 0.2) is 72.8 Å². The number of carbonyl (C=O) groups excluding carboxylic acids is 1. The molecule has 144 valence electrons. The summed E-state index contributed by atoms with van der Waals surface area (Å²) >= 11 is 0. The molecule has 3 aromatic rings. The predicted molar refractivity (Wildman–Crippen MR) is 102 cm³/mol. The molecule has 0 saturated carbocycles. The lowest BCUT2D eigenvalue weighted by atomic mass is 10.0. The molecular weight excluding hydrogens is 369 g/mol. The van der Waals surface area contributed by atoms with Crippen molar-refractivity contribution >= 4 is 17.4 Å². The van der Waals surface area contributed by atoms with Crippen LogP contribution in [0.2, 0.25) is 0 Å². The van der Waals surface area contributed by atoms with Crippen LogP contribution >= 0.6 is 0 Å². The Balaban J connectivity index is 1.78. The van der Waals surface area contributed by atoms with Gasteiger partial charge < -0.3 is 10.4 Å². The first-order valence-electron chi connectivity index (χ1n) is 8.36. The number of anilines is 2. The summed E-state index contributed by atoms with van der Waals surface area (Å²) in [5.41, 5.74) is 0.995. The molecule has 0 radical (unpaired) electrons. The maximum Gasteiger partial charge on any atom is 0.416 e. The van der Waals surface area contributed by atoms with Gasteiger partial charge in [0.25, 0.3) is 0 Å². The van der Waals surface area contributed by atoms with Crippen LogP contribution in [0.3, 0.4) is 0 Å². The average Bonchev–Trinajstić information content (AvgIpc) is 2.67. The van der Waals surface area contributed by atoms with Crippen molar-refractivity contribution in [2.24, 2.45) is 0 Å². The molecule has 2 amide bonds. The van der Waals surface area contributed by atoms with Gasteiger partial charge in [-0.05, 0) is 35.9 Å². The Morgan fingerprint density at radius 2 is 1.68 bits per heavy atom. The molecular formula is C21H17F3N2O2. The standard InChI is InChI=1S/C21H17F3N2O2/c1-26(20(28)25-16-9-5-8-15(12-16)21(22,23)24)17-10-11-18(19(27)13-17)14-6-3-2-4-7-14/h2-13,27H,1H3,(H,25,28). The lowest BCUT2D eigenvalue weighted by molar-refractivity contribution is -0.137. The molecule has 0 aromatic heterocycles. The second-order valence-corrected chi connectivity index (χ2v) is 6.14. The molecule has 7 heteroatoms. The van der Waals surface area contributed by atoms with Crippen molar-refractivity contribution < 1.29 is 23.1 Å². The second kappa shape index (κ2) is 7.64. The van der Waals surface area contributed by atoms with Crippen molar-refractivity contribution in [2.75, 3.05) is 17.3 Å². The van der Waals surface area contributed by atoms with Gasteiger partial charge in [-0.2, -0.15) is 13.2 Å². The Labute approximate surface area is 159 Å². The van der Waals surface area contributed by atoms with Crippen molar-refractivity contribution in [3.8, 4) is 16.9 Å². The normalized spacial score (nSPS) is 11.1. The minimum Gasteiger partial charge on any atom is -0.507 e. The summed E-state index contributed by atoms with van der Waals surface area (Å²) in [5, 5.41) is 12.7. The lowest BCUT2D eigenvalue weighted by Gasteiger charge is -2.19. The van der Waals surface area contributed by atoms with Gasteiger partial charge in [0, 0.05) is 30.1 Å². The van der Waals surface area contributed by atoms with Gasteiger partial charge >= 0.3 is 12.2 Å². The van der Waals surface area contributed by atoms with Crippen LogP contribution in [0, 0.1) is 0 Å². The van der Waals surface area contributed by atoms with E-state index in [2.05, 4.69) is 5.32 Å². The molecule has 0 fully saturated rings. The highest BCUT2D eigenvalue weighted by Crippen LogP contribution is 2.33. The van der Waals surface area contributed by atoms with Crippen molar-refractivity contribution in [3.05, 3.63) is 78.4 Å². The van der Waals surface area contributed by atoms with E-state index >= 15 is 0 Å². The number of hydrogen-bond acceptors (Lipinski definition) is 2. The average molecular weight is 386 g/mol. The van der Waals surface area contributed by atoms with E-state index in [1.807, 2.05) is 30.3 Å². The molecule has 0 aliphatic rings. The zero-order chi connectivity index (χ0) is 20.3. The third-order valence-electron chi connectivity index (χ3n) is 4.20. The summed E-state index contributed by atoms with van der Waals surface area (Å²) in [5.74, 6) is -0.0116. The molecule has 0 aliphatic carbocycles. The van der Waals surface area contributed by atoms with Crippen LogP contribution < -0.4 is 10.2 Å². The molecule has 3 rings (SSSR count). The number of hydrogen-bond donors (Lipinski definition) is 2. The molecule has 0 heterocycles. The summed E-state index contributed by atoms with van der Waals surface area (Å²) in [6.45, 7) is 0. The summed E-state index contributed by atoms with van der Waals surface area (Å²) in [6, 6.07) is 17.7. The van der Waals surface area contributed by atoms with Crippen LogP contribution in [0.4, 0.5) is 29.3 Å². The van der Waals surface area contributed by atoms with Gasteiger partial charge in [0.15, 0.2) is 0 Å². The molecule has 0 atom stereocenters. The third kappa shape index (κ3) is 4.25. The number of benzene rings is 3. The zero-order valence-corrected chi connectivity index (χ0v) is 14.9. The van der Waals surface area contributed by atoms with Crippen LogP contribution in [0.25, 0.3) is 11.1 Å². The van der Waals surface area contributed by atoms with Crippen LogP contribution in [-0.2, 0) is 6.18 Å². The quantitative estimate of drug-likeness (QED) is 0.603. The third-order valence-corrected chi connectivity index (χ3v) is 4.20. The fourth-order valence-corrected chi connectivity index (χ4v) is 2.69. The van der Waals surface area contributed by atoms with Gasteiger partial charge in [-0.15, -0.1) is 0 Å². The second-order valence-electron chi connectivity index (χ2n) is 6.14. The minimum atomic E-state index is -4.49. The Morgan fingerprint density at radius 1 is 0.964 bits per heavy atom. The molecule has 0 saturated heterocycles. The summed E-state index contributed by atoms with van der Waals surface area (Å²) in [4.78, 5) is 13.6. The number of aromatic hydroxyl groups is 1. The van der Waals surface area contributed by atoms with Gasteiger partial charge in [0.2, 0.25) is 0 Å². The van der Waals surface area contributed by atoms with Crippen LogP contribution in [-0.4, -0.2) is 18.2 Å². The SMILES string of the molecule is CN(C(=O)Nc1cccc(C(F)(F)F)c1)c1ccc(-c2ccccc2)c(O)c1. The topological polar surface area (TPSA) is 52.6 Å². The highest BCUT2D eigenvalue weighted by Gasteiger charge is 2.30. The molecule has 0 bridgehead atoms. The van der Waals surface area contributed by atoms with Gasteiger partial charge in [0.1, 0.15) is 5.75 Å². The largest absolute Gasteiger partial charge is 0.507 e. The lowest BCUT2D eigenvalue weighted by Crippen LogP contribution is -2.31. The van der Waals surface area contributed by atoms with Crippen molar-refractivity contribution in [2.45, 2.75) is 6.18 Å². The first-order chi connectivity index (χ1) is 13.3. The van der Waals surface area contributed by atoms with E-state index in [0.717, 1.165) is 17.7 Å². The summed E-state index contributed by atoms with van der Waals surface area (Å²) < 4.78 is 38.4. The van der Waals surface area contributed by atoms with Crippen molar-refractivity contribution in [3.63, 3.8) is 0 Å². The number of phenols is 1. The fourth-order valence-electron chi connectivity index (χ4n) is 2.69. The van der Waals surface area contributed by atoms with Crippen molar-refractivity contribution in [1.29, 1.82) is 0 Å². The van der Waals surface area contributed by atoms with E-state index in [1.165, 1.54) is 30.1 Å². The van der Waals surface area contributed by atoms with E-state index in [0.29, 0.717) is 11.3 Å². The molecule has 3 aromatic carbocycles. The first-order valence-corrected chi connectivity index (χ1v) is 8.36. The number of phenolic OH excluding ortho intramolecular Hbond substituents is 1. The number of carbonyl (C=O) groups is 1. The molecule has 28 heavy (non-hydrogen) atoms. The number of nitrogens with zero attached hydrogens (tertiary/aromatic N) is 1. The van der Waals surface area contributed by atoms with Gasteiger partial charge in [-0.3, -0.25) is 4.90 Å². The van der Waals surface area contributed by atoms with E-state index in [1.54, 1.807) is 12.1 Å². The minimum absolute atomic E-state index is 0.0116. The number of urea groups is 1. The number of nitrogens with one attached hydrogen (secondary N) is 1. The Bertz CT molecular complexity index is 988. The van der Waals surface area contributed by atoms with E-state index in [9.17, 15) is 23.1 Å². The number of rotatable bonds is 3. The van der Waals surface area contributed by atoms with E-state index < -0.39 is 17.8 Å². The van der Waals surface area contributed by atoms with Crippen LogP contribution in [0.5, 0.6) is 5.75 Å². The highest BCUT2D eigenvalue weighted by molar-refractivity contribution is 6.01. The maximum atomic E-state index is 12.8. The maximum absolute atomic E-state index is 12.8. The summed E-state index contributed by atoms with van der Waals surface area (Å²) in [7, 11) is 1.46. The molecule has 2 N–H and O–H groups in total. The zero-order valence-electron chi connectivity index (χ0n) is 14.9. The number of alkyl halides is 3. The Kier molecular flexibility index (Phi) is 5.26. The van der Waals surface area contributed by atoms with E-state index in [-0.39, 0.29) is 11.4 Å². The number of amides is 2. The van der Waals surface area contributed by atoms with E-state index in [4.69, 9.17) is 0 Å². The smallest absolute Gasteiger partial charge is 0.416 e. The predicted octanol–water partition coefficient (Wildman–Crippen LogP) is 5.75. The summed E-state index contributed by atoms with van der Waals surface area (Å²) in [6.07, 6.45) is -4.49. The van der Waals surface area contributed by atoms with Gasteiger partial charge in [0.05, 0.1) is 5.56 Å². The highest BCUT2D eigenvalue weighted by atomic mass is 19.4. The fraction of sp³-hybridized carbons (Fsp3) is 0.0952. The monoisotopic (exact) mass is 386 g/mol. The molecule has 4 nitrogen and oxygen atoms in total. The Morgan fingerprint density at radius 3 is 2.32 bits per heavy atom. The molecule has 0 unspecified atom stereocenters. The molecule has 0 spiro atoms. The van der Waals surface area contributed by atoms with Gasteiger partial charge in [-0.1, -0.05) is 36.4 Å². The number of halogens is 3. The first kappa shape index (κ1) is 19.3.